The summed E-state index contributed by atoms with van der Waals surface area (Å²) in [6.07, 6.45) is 1.08. The van der Waals surface area contributed by atoms with Gasteiger partial charge in [-0.25, -0.2) is 4.79 Å². The van der Waals surface area contributed by atoms with Crippen LogP contribution in [-0.4, -0.2) is 36.0 Å². The second-order valence-corrected chi connectivity index (χ2v) is 4.00. The van der Waals surface area contributed by atoms with Crippen molar-refractivity contribution in [1.29, 1.82) is 0 Å². The van der Waals surface area contributed by atoms with Gasteiger partial charge in [0.15, 0.2) is 0 Å². The molecule has 1 rings (SSSR count). The van der Waals surface area contributed by atoms with Gasteiger partial charge in [-0.05, 0) is 12.2 Å². The summed E-state index contributed by atoms with van der Waals surface area (Å²) in [4.78, 5) is 21.2. The molecule has 1 heterocycles. The SMILES string of the molecule is NC(=O)NC(=O)CNC1CCSC1. The third kappa shape index (κ3) is 4.14. The number of carbonyl (C=O) groups is 2. The largest absolute Gasteiger partial charge is 0.351 e. The smallest absolute Gasteiger partial charge is 0.318 e. The summed E-state index contributed by atoms with van der Waals surface area (Å²) in [6, 6.07) is -0.406. The molecule has 0 radical (unpaired) electrons. The van der Waals surface area contributed by atoms with E-state index in [9.17, 15) is 9.59 Å². The molecule has 1 atom stereocenters. The van der Waals surface area contributed by atoms with Gasteiger partial charge in [0.25, 0.3) is 0 Å². The summed E-state index contributed by atoms with van der Waals surface area (Å²) in [5.74, 6) is 1.79. The van der Waals surface area contributed by atoms with Crippen molar-refractivity contribution >= 4 is 23.7 Å². The number of carbonyl (C=O) groups excluding carboxylic acids is 2. The van der Waals surface area contributed by atoms with Crippen molar-refractivity contribution in [2.45, 2.75) is 12.5 Å². The lowest BCUT2D eigenvalue weighted by Gasteiger charge is -2.09. The van der Waals surface area contributed by atoms with Gasteiger partial charge in [-0.15, -0.1) is 0 Å². The van der Waals surface area contributed by atoms with E-state index < -0.39 is 6.03 Å². The van der Waals surface area contributed by atoms with Crippen LogP contribution < -0.4 is 16.4 Å². The second-order valence-electron chi connectivity index (χ2n) is 2.85. The molecule has 1 aliphatic heterocycles. The van der Waals surface area contributed by atoms with Gasteiger partial charge in [0.05, 0.1) is 6.54 Å². The minimum absolute atomic E-state index is 0.161. The Morgan fingerprint density at radius 3 is 2.85 bits per heavy atom. The quantitative estimate of drug-likeness (QED) is 0.565. The van der Waals surface area contributed by atoms with Gasteiger partial charge in [0, 0.05) is 11.8 Å². The fourth-order valence-corrected chi connectivity index (χ4v) is 2.30. The molecule has 0 bridgehead atoms. The molecule has 74 valence electrons. The van der Waals surface area contributed by atoms with Gasteiger partial charge in [-0.1, -0.05) is 0 Å². The molecule has 13 heavy (non-hydrogen) atoms. The van der Waals surface area contributed by atoms with Crippen molar-refractivity contribution in [3.05, 3.63) is 0 Å². The molecule has 0 aliphatic carbocycles. The Labute approximate surface area is 80.8 Å². The highest BCUT2D eigenvalue weighted by molar-refractivity contribution is 7.99. The number of imide groups is 1. The molecule has 4 N–H and O–H groups in total. The van der Waals surface area contributed by atoms with E-state index in [0.29, 0.717) is 6.04 Å². The van der Waals surface area contributed by atoms with E-state index in [4.69, 9.17) is 5.73 Å². The lowest BCUT2D eigenvalue weighted by molar-refractivity contribution is -0.119. The zero-order valence-electron chi connectivity index (χ0n) is 7.21. The van der Waals surface area contributed by atoms with Gasteiger partial charge >= 0.3 is 6.03 Å². The van der Waals surface area contributed by atoms with Crippen molar-refractivity contribution in [2.24, 2.45) is 5.73 Å². The molecule has 1 unspecified atom stereocenters. The van der Waals surface area contributed by atoms with Crippen molar-refractivity contribution < 1.29 is 9.59 Å². The predicted molar refractivity (Wildman–Crippen MR) is 51.5 cm³/mol. The van der Waals surface area contributed by atoms with Crippen LogP contribution in [0.1, 0.15) is 6.42 Å². The molecule has 5 nitrogen and oxygen atoms in total. The van der Waals surface area contributed by atoms with Gasteiger partial charge < -0.3 is 11.1 Å². The summed E-state index contributed by atoms with van der Waals surface area (Å²) in [5, 5.41) is 5.04. The first-order valence-corrected chi connectivity index (χ1v) is 5.24. The molecule has 1 fully saturated rings. The van der Waals surface area contributed by atoms with Gasteiger partial charge in [-0.2, -0.15) is 11.8 Å². The minimum Gasteiger partial charge on any atom is -0.351 e. The van der Waals surface area contributed by atoms with Crippen LogP contribution in [0.25, 0.3) is 0 Å². The van der Waals surface area contributed by atoms with Crippen LogP contribution in [-0.2, 0) is 4.79 Å². The van der Waals surface area contributed by atoms with E-state index in [2.05, 4.69) is 5.32 Å². The first-order chi connectivity index (χ1) is 6.18. The van der Waals surface area contributed by atoms with Crippen molar-refractivity contribution in [2.75, 3.05) is 18.1 Å². The molecule has 1 saturated heterocycles. The Morgan fingerprint density at radius 2 is 2.31 bits per heavy atom. The van der Waals surface area contributed by atoms with Crippen LogP contribution in [0.3, 0.4) is 0 Å². The molecule has 0 aromatic heterocycles. The van der Waals surface area contributed by atoms with E-state index in [1.54, 1.807) is 0 Å². The number of nitrogens with one attached hydrogen (secondary N) is 2. The molecule has 0 saturated carbocycles. The molecule has 3 amide bonds. The topological polar surface area (TPSA) is 84.2 Å². The molecule has 1 aliphatic rings. The Morgan fingerprint density at radius 1 is 1.54 bits per heavy atom. The first kappa shape index (κ1) is 10.3. The predicted octanol–water partition coefficient (Wildman–Crippen LogP) is -0.724. The number of primary amides is 1. The lowest BCUT2D eigenvalue weighted by Crippen LogP contribution is -2.43. The molecule has 0 spiro atoms. The van der Waals surface area contributed by atoms with Crippen molar-refractivity contribution in [1.82, 2.24) is 10.6 Å². The van der Waals surface area contributed by atoms with E-state index in [0.717, 1.165) is 17.9 Å². The van der Waals surface area contributed by atoms with Gasteiger partial charge in [0.1, 0.15) is 0 Å². The Bertz CT molecular complexity index is 204. The lowest BCUT2D eigenvalue weighted by atomic mass is 10.2. The fourth-order valence-electron chi connectivity index (χ4n) is 1.11. The molecule has 0 aromatic carbocycles. The third-order valence-electron chi connectivity index (χ3n) is 1.74. The number of nitrogens with two attached hydrogens (primary N) is 1. The van der Waals surface area contributed by atoms with E-state index >= 15 is 0 Å². The zero-order chi connectivity index (χ0) is 9.68. The van der Waals surface area contributed by atoms with Crippen molar-refractivity contribution in [3.8, 4) is 0 Å². The van der Waals surface area contributed by atoms with Crippen molar-refractivity contribution in [3.63, 3.8) is 0 Å². The maximum atomic E-state index is 10.9. The highest BCUT2D eigenvalue weighted by Gasteiger charge is 2.15. The maximum Gasteiger partial charge on any atom is 0.318 e. The van der Waals surface area contributed by atoms with Crippen LogP contribution in [0.15, 0.2) is 0 Å². The summed E-state index contributed by atoms with van der Waals surface area (Å²) in [7, 11) is 0. The van der Waals surface area contributed by atoms with Crippen LogP contribution in [0, 0.1) is 0 Å². The number of urea groups is 1. The average molecular weight is 203 g/mol. The standard InChI is InChI=1S/C7H13N3O2S/c8-7(12)10-6(11)3-9-5-1-2-13-4-5/h5,9H,1-4H2,(H3,8,10,11,12). The Hall–Kier alpha value is -0.750. The van der Waals surface area contributed by atoms with Crippen LogP contribution in [0.5, 0.6) is 0 Å². The summed E-state index contributed by atoms with van der Waals surface area (Å²) in [5.41, 5.74) is 4.77. The van der Waals surface area contributed by atoms with E-state index in [1.807, 2.05) is 17.1 Å². The average Bonchev–Trinajstić information content (AvgIpc) is 2.51. The molecule has 0 aromatic rings. The number of rotatable bonds is 3. The molecular formula is C7H13N3O2S. The monoisotopic (exact) mass is 203 g/mol. The number of hydrogen-bond acceptors (Lipinski definition) is 4. The first-order valence-electron chi connectivity index (χ1n) is 4.09. The number of amides is 3. The van der Waals surface area contributed by atoms with E-state index in [1.165, 1.54) is 0 Å². The second kappa shape index (κ2) is 5.08. The normalized spacial score (nSPS) is 21.4. The maximum absolute atomic E-state index is 10.9. The Kier molecular flexibility index (Phi) is 4.04. The highest BCUT2D eigenvalue weighted by Crippen LogP contribution is 2.16. The Balaban J connectivity index is 2.10. The molecule has 6 heteroatoms. The summed E-state index contributed by atoms with van der Waals surface area (Å²) >= 11 is 1.86. The van der Waals surface area contributed by atoms with Crippen LogP contribution in [0.2, 0.25) is 0 Å². The fraction of sp³-hybridized carbons (Fsp3) is 0.714. The molecular weight excluding hydrogens is 190 g/mol. The van der Waals surface area contributed by atoms with Gasteiger partial charge in [-0.3, -0.25) is 10.1 Å². The highest BCUT2D eigenvalue weighted by atomic mass is 32.2. The number of thioether (sulfide) groups is 1. The zero-order valence-corrected chi connectivity index (χ0v) is 8.02. The number of hydrogen-bond donors (Lipinski definition) is 3. The van der Waals surface area contributed by atoms with E-state index in [-0.39, 0.29) is 12.5 Å². The summed E-state index contributed by atoms with van der Waals surface area (Å²) < 4.78 is 0. The third-order valence-corrected chi connectivity index (χ3v) is 2.91. The van der Waals surface area contributed by atoms with Gasteiger partial charge in [0.2, 0.25) is 5.91 Å². The van der Waals surface area contributed by atoms with Crippen LogP contribution in [0.4, 0.5) is 4.79 Å². The summed E-state index contributed by atoms with van der Waals surface area (Å²) in [6.45, 7) is 0.161. The van der Waals surface area contributed by atoms with Crippen LogP contribution >= 0.6 is 11.8 Å². The minimum atomic E-state index is -0.799.